The SMILES string of the molecule is Fc1c(F)c(F)c([B-](c2c(F)c(F)c(F)c(F)c2F)(c2c(F)c(F)c(F)c(F)c2F)c2c(F)c(F)c(F)c(F)c2F)c(F)c1F.O=C(C[n+]1ccc2cccc(Br)c2c1)c1ccccc1. The minimum atomic E-state index is -7.22. The quantitative estimate of drug-likeness (QED) is 0.0390. The second-order valence-electron chi connectivity index (χ2n) is 13.4. The van der Waals surface area contributed by atoms with Crippen LogP contribution in [0.25, 0.3) is 10.8 Å². The summed E-state index contributed by atoms with van der Waals surface area (Å²) in [4.78, 5) is 12.2. The van der Waals surface area contributed by atoms with E-state index in [-0.39, 0.29) is 5.78 Å². The Morgan fingerprint density at radius 3 is 1.03 bits per heavy atom. The van der Waals surface area contributed by atoms with E-state index in [1.165, 1.54) is 0 Å². The predicted octanol–water partition coefficient (Wildman–Crippen LogP) is 9.62. The van der Waals surface area contributed by atoms with Gasteiger partial charge in [-0.1, -0.05) is 42.5 Å². The van der Waals surface area contributed by atoms with Gasteiger partial charge in [-0.15, -0.1) is 21.9 Å². The topological polar surface area (TPSA) is 20.9 Å². The molecule has 24 heteroatoms. The Balaban J connectivity index is 0.000000289. The zero-order valence-electron chi connectivity index (χ0n) is 30.9. The molecule has 0 fully saturated rings. The van der Waals surface area contributed by atoms with Gasteiger partial charge in [0.25, 0.3) is 0 Å². The lowest BCUT2D eigenvalue weighted by Gasteiger charge is -2.44. The molecule has 0 unspecified atom stereocenters. The fourth-order valence-electron chi connectivity index (χ4n) is 7.07. The average Bonchev–Trinajstić information content (AvgIpc) is 3.29. The molecule has 0 atom stereocenters. The van der Waals surface area contributed by atoms with Crippen molar-refractivity contribution in [2.45, 2.75) is 6.54 Å². The third kappa shape index (κ3) is 7.63. The van der Waals surface area contributed by atoms with Crippen molar-refractivity contribution in [1.29, 1.82) is 0 Å². The van der Waals surface area contributed by atoms with Crippen molar-refractivity contribution in [3.63, 3.8) is 0 Å². The van der Waals surface area contributed by atoms with E-state index in [9.17, 15) is 57.5 Å². The largest absolute Gasteiger partial charge is 0.287 e. The molecule has 65 heavy (non-hydrogen) atoms. The van der Waals surface area contributed by atoms with Gasteiger partial charge in [-0.05, 0) is 27.4 Å². The van der Waals surface area contributed by atoms with Crippen LogP contribution in [0.5, 0.6) is 0 Å². The maximum atomic E-state index is 15.4. The van der Waals surface area contributed by atoms with E-state index in [0.29, 0.717) is 6.54 Å². The molecule has 0 saturated carbocycles. The summed E-state index contributed by atoms with van der Waals surface area (Å²) in [5.41, 5.74) is -13.6. The van der Waals surface area contributed by atoms with Gasteiger partial charge in [0.2, 0.25) is 12.3 Å². The van der Waals surface area contributed by atoms with Gasteiger partial charge in [-0.25, -0.2) is 87.8 Å². The van der Waals surface area contributed by atoms with Gasteiger partial charge in [-0.2, -0.15) is 4.57 Å². The molecule has 0 aliphatic carbocycles. The highest BCUT2D eigenvalue weighted by atomic mass is 79.9. The van der Waals surface area contributed by atoms with Crippen molar-refractivity contribution in [1.82, 2.24) is 0 Å². The zero-order chi connectivity index (χ0) is 48.3. The number of benzene rings is 6. The molecule has 0 amide bonds. The van der Waals surface area contributed by atoms with Crippen molar-refractivity contribution in [3.8, 4) is 0 Å². The summed E-state index contributed by atoms with van der Waals surface area (Å²) < 4.78 is 297. The molecule has 6 aromatic carbocycles. The molecule has 2 nitrogen and oxygen atoms in total. The first-order chi connectivity index (χ1) is 30.4. The smallest absolute Gasteiger partial charge is 0.227 e. The first-order valence-electron chi connectivity index (χ1n) is 17.3. The summed E-state index contributed by atoms with van der Waals surface area (Å²) in [6.45, 7) is 0.348. The molecule has 1 aromatic heterocycles. The van der Waals surface area contributed by atoms with E-state index >= 15 is 35.1 Å². The van der Waals surface area contributed by atoms with Crippen molar-refractivity contribution in [3.05, 3.63) is 193 Å². The molecule has 0 bridgehead atoms. The van der Waals surface area contributed by atoms with Crippen molar-refractivity contribution in [2.75, 3.05) is 0 Å². The Kier molecular flexibility index (Phi) is 13.2. The monoisotopic (exact) mass is 1000 g/mol. The summed E-state index contributed by atoms with van der Waals surface area (Å²) in [7, 11) is 0. The normalized spacial score (nSPS) is 11.6. The van der Waals surface area contributed by atoms with Crippen LogP contribution in [0, 0.1) is 116 Å². The van der Waals surface area contributed by atoms with Gasteiger partial charge in [0.15, 0.2) is 82.2 Å². The number of rotatable bonds is 7. The number of aromatic nitrogens is 1. The molecule has 0 N–H and O–H groups in total. The summed E-state index contributed by atoms with van der Waals surface area (Å²) >= 11 is 3.54. The molecule has 0 saturated heterocycles. The van der Waals surface area contributed by atoms with E-state index in [0.717, 1.165) is 20.8 Å². The first-order valence-corrected chi connectivity index (χ1v) is 18.1. The van der Waals surface area contributed by atoms with Gasteiger partial charge in [0, 0.05) is 16.1 Å². The van der Waals surface area contributed by atoms with Crippen LogP contribution >= 0.6 is 15.9 Å². The fourth-order valence-corrected chi connectivity index (χ4v) is 7.56. The second-order valence-corrected chi connectivity index (χ2v) is 14.3. The number of nitrogens with zero attached hydrogens (tertiary/aromatic N) is 1. The molecular formula is C41H13BBrF20NO. The molecule has 0 aliphatic rings. The van der Waals surface area contributed by atoms with Crippen LogP contribution in [-0.2, 0) is 6.54 Å². The van der Waals surface area contributed by atoms with Crippen LogP contribution in [-0.4, -0.2) is 11.9 Å². The number of pyridine rings is 1. The maximum Gasteiger partial charge on any atom is 0.227 e. The van der Waals surface area contributed by atoms with Crippen molar-refractivity contribution >= 4 is 60.5 Å². The molecule has 7 rings (SSSR count). The number of halogens is 21. The van der Waals surface area contributed by atoms with Gasteiger partial charge < -0.3 is 0 Å². The standard InChI is InChI=1S/C24BF20.C17H13BrNO/c26-5-1(6(27)14(35)21(42)13(5)34)25(2-7(28)15(36)22(43)16(37)8(2)29,3-9(30)17(38)23(44)18(39)10(3)31)4-11(32)19(40)24(45)20(41)12(4)33;18-16-8-4-7-13-9-10-19(11-15(13)16)12-17(20)14-5-2-1-3-6-14/h;1-11H,12H2/q-1;+1. The highest BCUT2D eigenvalue weighted by molar-refractivity contribution is 9.10. The zero-order valence-corrected chi connectivity index (χ0v) is 32.5. The number of carbonyl (C=O) groups excluding carboxylic acids is 1. The summed E-state index contributed by atoms with van der Waals surface area (Å²) in [5.74, 6) is -71.3. The summed E-state index contributed by atoms with van der Waals surface area (Å²) in [6.07, 6.45) is -3.28. The Bertz CT molecular complexity index is 2730. The molecule has 0 radical (unpaired) electrons. The fraction of sp³-hybridized carbons (Fsp3) is 0.0244. The van der Waals surface area contributed by atoms with E-state index in [1.54, 1.807) is 0 Å². The van der Waals surface area contributed by atoms with Crippen LogP contribution < -0.4 is 26.4 Å². The lowest BCUT2D eigenvalue weighted by atomic mass is 9.12. The summed E-state index contributed by atoms with van der Waals surface area (Å²) in [5, 5.41) is 2.26. The molecule has 0 spiro atoms. The van der Waals surface area contributed by atoms with E-state index in [4.69, 9.17) is 0 Å². The molecular weight excluding hydrogens is 993 g/mol. The lowest BCUT2D eigenvalue weighted by Crippen LogP contribution is -2.81. The van der Waals surface area contributed by atoms with Gasteiger partial charge in [0.1, 0.15) is 52.7 Å². The van der Waals surface area contributed by atoms with Crippen LogP contribution in [0.1, 0.15) is 10.4 Å². The lowest BCUT2D eigenvalue weighted by molar-refractivity contribution is -0.681. The maximum absolute atomic E-state index is 15.4. The van der Waals surface area contributed by atoms with Crippen LogP contribution in [0.15, 0.2) is 71.5 Å². The Morgan fingerprint density at radius 2 is 0.708 bits per heavy atom. The van der Waals surface area contributed by atoms with Gasteiger partial charge in [-0.3, -0.25) is 4.79 Å². The van der Waals surface area contributed by atoms with Crippen molar-refractivity contribution < 1.29 is 97.2 Å². The van der Waals surface area contributed by atoms with Crippen LogP contribution in [0.3, 0.4) is 0 Å². The number of ketones is 1. The number of Topliss-reactive ketones (excluding diaryl/α,β-unsaturated/α-hetero) is 1. The minimum Gasteiger partial charge on any atom is -0.287 e. The van der Waals surface area contributed by atoms with Crippen molar-refractivity contribution in [2.24, 2.45) is 0 Å². The van der Waals surface area contributed by atoms with E-state index in [2.05, 4.69) is 22.0 Å². The third-order valence-electron chi connectivity index (χ3n) is 9.96. The first kappa shape index (κ1) is 48.0. The van der Waals surface area contributed by atoms with E-state index in [1.807, 2.05) is 65.5 Å². The van der Waals surface area contributed by atoms with Gasteiger partial charge >= 0.3 is 0 Å². The summed E-state index contributed by atoms with van der Waals surface area (Å²) in [6, 6.07) is 17.5. The highest BCUT2D eigenvalue weighted by Crippen LogP contribution is 2.31. The Hall–Kier alpha value is -6.46. The molecule has 338 valence electrons. The second kappa shape index (κ2) is 17.8. The predicted molar refractivity (Wildman–Crippen MR) is 192 cm³/mol. The highest BCUT2D eigenvalue weighted by Gasteiger charge is 2.52. The van der Waals surface area contributed by atoms with Gasteiger partial charge in [0.05, 0.1) is 5.39 Å². The van der Waals surface area contributed by atoms with Crippen LogP contribution in [0.4, 0.5) is 87.8 Å². The molecule has 0 aliphatic heterocycles. The number of hydrogen-bond acceptors (Lipinski definition) is 1. The molecule has 7 aromatic rings. The average molecular weight is 1010 g/mol. The Labute approximate surface area is 357 Å². The minimum absolute atomic E-state index is 0.113. The molecule has 1 heterocycles. The van der Waals surface area contributed by atoms with Crippen LogP contribution in [0.2, 0.25) is 0 Å². The number of hydrogen-bond donors (Lipinski definition) is 0. The number of carbonyl (C=O) groups is 1. The van der Waals surface area contributed by atoms with E-state index < -0.39 is 144 Å². The third-order valence-corrected chi connectivity index (χ3v) is 10.6. The Morgan fingerprint density at radius 1 is 0.400 bits per heavy atom. The number of fused-ring (bicyclic) bond motifs is 1.